The van der Waals surface area contributed by atoms with Gasteiger partial charge in [-0.2, -0.15) is 0 Å². The fraction of sp³-hybridized carbons (Fsp3) is 0.538. The Balaban J connectivity index is 1.92. The molecule has 0 aromatic heterocycles. The molecule has 0 saturated heterocycles. The van der Waals surface area contributed by atoms with Gasteiger partial charge in [-0.05, 0) is 18.4 Å². The van der Waals surface area contributed by atoms with Crippen LogP contribution in [0.3, 0.4) is 0 Å². The molecule has 0 heterocycles. The van der Waals surface area contributed by atoms with Crippen LogP contribution in [0.1, 0.15) is 18.4 Å². The largest absolute Gasteiger partial charge is 0.390 e. The summed E-state index contributed by atoms with van der Waals surface area (Å²) in [6.45, 7) is 1.95. The van der Waals surface area contributed by atoms with Crippen LogP contribution >= 0.6 is 0 Å². The van der Waals surface area contributed by atoms with Gasteiger partial charge >= 0.3 is 0 Å². The molecule has 1 unspecified atom stereocenters. The number of benzene rings is 1. The zero-order valence-electron chi connectivity index (χ0n) is 9.55. The Morgan fingerprint density at radius 2 is 2.00 bits per heavy atom. The lowest BCUT2D eigenvalue weighted by Gasteiger charge is -2.24. The molecular weight excluding hydrogens is 200 g/mol. The summed E-state index contributed by atoms with van der Waals surface area (Å²) >= 11 is 0. The fourth-order valence-corrected chi connectivity index (χ4v) is 1.95. The first kappa shape index (κ1) is 11.6. The second-order valence-electron chi connectivity index (χ2n) is 4.54. The summed E-state index contributed by atoms with van der Waals surface area (Å²) < 4.78 is 0. The van der Waals surface area contributed by atoms with Crippen molar-refractivity contribution in [2.45, 2.75) is 31.5 Å². The molecule has 1 aliphatic carbocycles. The van der Waals surface area contributed by atoms with Gasteiger partial charge in [0, 0.05) is 25.7 Å². The van der Waals surface area contributed by atoms with Crippen LogP contribution in [0.4, 0.5) is 0 Å². The van der Waals surface area contributed by atoms with Crippen molar-refractivity contribution < 1.29 is 5.11 Å². The van der Waals surface area contributed by atoms with Crippen LogP contribution in [-0.2, 0) is 6.54 Å². The molecule has 88 valence electrons. The number of aliphatic hydroxyl groups is 1. The monoisotopic (exact) mass is 220 g/mol. The van der Waals surface area contributed by atoms with Gasteiger partial charge in [-0.3, -0.25) is 4.90 Å². The van der Waals surface area contributed by atoms with Crippen molar-refractivity contribution in [3.8, 4) is 0 Å². The first-order valence-electron chi connectivity index (χ1n) is 5.95. The minimum absolute atomic E-state index is 0.345. The van der Waals surface area contributed by atoms with Crippen LogP contribution in [0.25, 0.3) is 0 Å². The maximum absolute atomic E-state index is 9.62. The van der Waals surface area contributed by atoms with Crippen LogP contribution in [-0.4, -0.2) is 35.2 Å². The number of rotatable bonds is 6. The third-order valence-corrected chi connectivity index (χ3v) is 3.01. The van der Waals surface area contributed by atoms with Gasteiger partial charge in [0.15, 0.2) is 0 Å². The zero-order chi connectivity index (χ0) is 11.4. The molecule has 0 bridgehead atoms. The molecule has 3 heteroatoms. The molecule has 0 amide bonds. The van der Waals surface area contributed by atoms with E-state index in [2.05, 4.69) is 29.2 Å². The van der Waals surface area contributed by atoms with Crippen molar-refractivity contribution in [2.75, 3.05) is 13.1 Å². The number of hydrogen-bond donors (Lipinski definition) is 2. The summed E-state index contributed by atoms with van der Waals surface area (Å²) in [5.74, 6) is 0. The second-order valence-corrected chi connectivity index (χ2v) is 4.54. The number of nitrogens with zero attached hydrogens (tertiary/aromatic N) is 1. The van der Waals surface area contributed by atoms with Crippen LogP contribution in [0.5, 0.6) is 0 Å². The van der Waals surface area contributed by atoms with Crippen molar-refractivity contribution in [3.63, 3.8) is 0 Å². The topological polar surface area (TPSA) is 49.5 Å². The molecule has 0 radical (unpaired) electrons. The number of hydrogen-bond acceptors (Lipinski definition) is 3. The minimum Gasteiger partial charge on any atom is -0.390 e. The molecule has 1 aromatic carbocycles. The number of aliphatic hydroxyl groups excluding tert-OH is 1. The lowest BCUT2D eigenvalue weighted by atomic mass is 10.2. The van der Waals surface area contributed by atoms with Crippen LogP contribution in [0.15, 0.2) is 30.3 Å². The predicted octanol–water partition coefficient (Wildman–Crippen LogP) is 0.971. The molecule has 3 nitrogen and oxygen atoms in total. The van der Waals surface area contributed by atoms with Crippen molar-refractivity contribution in [1.82, 2.24) is 4.90 Å². The molecule has 1 atom stereocenters. The fourth-order valence-electron chi connectivity index (χ4n) is 1.95. The smallest absolute Gasteiger partial charge is 0.0789 e. The average molecular weight is 220 g/mol. The van der Waals surface area contributed by atoms with E-state index in [1.807, 2.05) is 6.07 Å². The third kappa shape index (κ3) is 3.30. The van der Waals surface area contributed by atoms with Gasteiger partial charge in [0.1, 0.15) is 0 Å². The summed E-state index contributed by atoms with van der Waals surface area (Å²) in [7, 11) is 0. The Morgan fingerprint density at radius 1 is 1.31 bits per heavy atom. The van der Waals surface area contributed by atoms with Gasteiger partial charge in [0.25, 0.3) is 0 Å². The Labute approximate surface area is 96.9 Å². The van der Waals surface area contributed by atoms with Gasteiger partial charge in [-0.1, -0.05) is 30.3 Å². The highest BCUT2D eigenvalue weighted by Crippen LogP contribution is 2.28. The first-order chi connectivity index (χ1) is 7.79. The summed E-state index contributed by atoms with van der Waals surface area (Å²) in [6, 6.07) is 11.1. The molecule has 0 spiro atoms. The molecule has 1 saturated carbocycles. The van der Waals surface area contributed by atoms with Crippen molar-refractivity contribution in [3.05, 3.63) is 35.9 Å². The van der Waals surface area contributed by atoms with Crippen molar-refractivity contribution in [2.24, 2.45) is 5.73 Å². The van der Waals surface area contributed by atoms with E-state index in [1.54, 1.807) is 0 Å². The minimum atomic E-state index is -0.399. The van der Waals surface area contributed by atoms with Gasteiger partial charge in [0.05, 0.1) is 6.10 Å². The van der Waals surface area contributed by atoms with E-state index in [0.29, 0.717) is 19.1 Å². The SMILES string of the molecule is NCC(O)CN(Cc1ccccc1)C1CC1. The normalized spacial score (nSPS) is 17.7. The highest BCUT2D eigenvalue weighted by molar-refractivity contribution is 5.15. The lowest BCUT2D eigenvalue weighted by Crippen LogP contribution is -2.37. The standard InChI is InChI=1S/C13H20N2O/c14-8-13(16)10-15(12-6-7-12)9-11-4-2-1-3-5-11/h1-5,12-13,16H,6-10,14H2. The molecule has 1 aliphatic rings. The molecule has 3 N–H and O–H groups in total. The predicted molar refractivity (Wildman–Crippen MR) is 64.9 cm³/mol. The highest BCUT2D eigenvalue weighted by atomic mass is 16.3. The van der Waals surface area contributed by atoms with Crippen LogP contribution in [0.2, 0.25) is 0 Å². The van der Waals surface area contributed by atoms with Gasteiger partial charge < -0.3 is 10.8 Å². The van der Waals surface area contributed by atoms with E-state index in [9.17, 15) is 5.11 Å². The number of nitrogens with two attached hydrogens (primary N) is 1. The van der Waals surface area contributed by atoms with Gasteiger partial charge in [0.2, 0.25) is 0 Å². The second kappa shape index (κ2) is 5.43. The highest BCUT2D eigenvalue weighted by Gasteiger charge is 2.29. The summed E-state index contributed by atoms with van der Waals surface area (Å²) in [6.07, 6.45) is 2.11. The maximum atomic E-state index is 9.62. The quantitative estimate of drug-likeness (QED) is 0.751. The maximum Gasteiger partial charge on any atom is 0.0789 e. The van der Waals surface area contributed by atoms with Crippen molar-refractivity contribution >= 4 is 0 Å². The van der Waals surface area contributed by atoms with Gasteiger partial charge in [-0.25, -0.2) is 0 Å². The summed E-state index contributed by atoms with van der Waals surface area (Å²) in [5, 5.41) is 9.62. The molecule has 1 fully saturated rings. The lowest BCUT2D eigenvalue weighted by molar-refractivity contribution is 0.110. The first-order valence-corrected chi connectivity index (χ1v) is 5.95. The Hall–Kier alpha value is -0.900. The third-order valence-electron chi connectivity index (χ3n) is 3.01. The van der Waals surface area contributed by atoms with E-state index >= 15 is 0 Å². The van der Waals surface area contributed by atoms with Crippen LogP contribution in [0, 0.1) is 0 Å². The van der Waals surface area contributed by atoms with E-state index < -0.39 is 6.10 Å². The van der Waals surface area contributed by atoms with Crippen molar-refractivity contribution in [1.29, 1.82) is 0 Å². The molecule has 0 aliphatic heterocycles. The summed E-state index contributed by atoms with van der Waals surface area (Å²) in [5.41, 5.74) is 6.76. The van der Waals surface area contributed by atoms with E-state index in [4.69, 9.17) is 5.73 Å². The average Bonchev–Trinajstić information content (AvgIpc) is 3.13. The molecule has 2 rings (SSSR count). The summed E-state index contributed by atoms with van der Waals surface area (Å²) in [4.78, 5) is 2.34. The Morgan fingerprint density at radius 3 is 2.56 bits per heavy atom. The van der Waals surface area contributed by atoms with Gasteiger partial charge in [-0.15, -0.1) is 0 Å². The van der Waals surface area contributed by atoms with E-state index in [-0.39, 0.29) is 0 Å². The van der Waals surface area contributed by atoms with E-state index in [0.717, 1.165) is 6.54 Å². The molecule has 16 heavy (non-hydrogen) atoms. The Bertz CT molecular complexity index is 311. The Kier molecular flexibility index (Phi) is 3.93. The van der Waals surface area contributed by atoms with Crippen LogP contribution < -0.4 is 5.73 Å². The zero-order valence-corrected chi connectivity index (χ0v) is 9.55. The molecular formula is C13H20N2O. The molecule has 1 aromatic rings. The van der Waals surface area contributed by atoms with E-state index in [1.165, 1.54) is 18.4 Å².